The van der Waals surface area contributed by atoms with Crippen molar-refractivity contribution >= 4 is 29.2 Å². The van der Waals surface area contributed by atoms with Crippen molar-refractivity contribution < 1.29 is 19.2 Å². The van der Waals surface area contributed by atoms with Gasteiger partial charge in [0.25, 0.3) is 5.69 Å². The van der Waals surface area contributed by atoms with Crippen molar-refractivity contribution in [2.24, 2.45) is 0 Å². The zero-order chi connectivity index (χ0) is 20.0. The molecule has 0 saturated heterocycles. The number of hydrogen-bond donors (Lipinski definition) is 0. The smallest absolute Gasteiger partial charge is 0.316 e. The first-order valence-corrected chi connectivity index (χ1v) is 9.54. The van der Waals surface area contributed by atoms with Crippen LogP contribution in [-0.4, -0.2) is 33.6 Å². The van der Waals surface area contributed by atoms with E-state index in [4.69, 9.17) is 4.74 Å². The van der Waals surface area contributed by atoms with Crippen LogP contribution in [0, 0.1) is 24.0 Å². The molecule has 27 heavy (non-hydrogen) atoms. The molecular formula is C19H22N2O5S. The lowest BCUT2D eigenvalue weighted by Gasteiger charge is -2.08. The number of carbonyl (C=O) groups is 2. The Kier molecular flexibility index (Phi) is 7.18. The molecule has 1 aromatic carbocycles. The van der Waals surface area contributed by atoms with Crippen LogP contribution in [-0.2, 0) is 16.1 Å². The molecule has 0 aliphatic rings. The molecule has 7 nitrogen and oxygen atoms in total. The number of rotatable bonds is 9. The number of ether oxygens (including phenoxy) is 1. The first-order valence-electron chi connectivity index (χ1n) is 8.56. The Labute approximate surface area is 161 Å². The maximum Gasteiger partial charge on any atom is 0.316 e. The molecule has 1 heterocycles. The van der Waals surface area contributed by atoms with Crippen molar-refractivity contribution in [2.45, 2.75) is 38.6 Å². The van der Waals surface area contributed by atoms with E-state index >= 15 is 0 Å². The number of nitro benzene ring substituents is 1. The van der Waals surface area contributed by atoms with Crippen molar-refractivity contribution in [3.05, 3.63) is 57.4 Å². The second-order valence-electron chi connectivity index (χ2n) is 6.06. The van der Waals surface area contributed by atoms with Crippen LogP contribution in [0.1, 0.15) is 35.1 Å². The van der Waals surface area contributed by atoms with Gasteiger partial charge in [0.1, 0.15) is 0 Å². The Morgan fingerprint density at radius 2 is 1.89 bits per heavy atom. The topological polar surface area (TPSA) is 91.4 Å². The van der Waals surface area contributed by atoms with Gasteiger partial charge in [0.15, 0.2) is 6.61 Å². The van der Waals surface area contributed by atoms with E-state index in [9.17, 15) is 19.7 Å². The fraction of sp³-hybridized carbons (Fsp3) is 0.368. The molecular weight excluding hydrogens is 368 g/mol. The lowest BCUT2D eigenvalue weighted by molar-refractivity contribution is -0.384. The van der Waals surface area contributed by atoms with Crippen LogP contribution in [0.2, 0.25) is 0 Å². The summed E-state index contributed by atoms with van der Waals surface area (Å²) >= 11 is 1.20. The third-order valence-electron chi connectivity index (χ3n) is 4.09. The second kappa shape index (κ2) is 9.36. The normalized spacial score (nSPS) is 10.6. The van der Waals surface area contributed by atoms with Crippen LogP contribution in [0.25, 0.3) is 0 Å². The van der Waals surface area contributed by atoms with E-state index in [0.29, 0.717) is 10.5 Å². The largest absolute Gasteiger partial charge is 0.457 e. The van der Waals surface area contributed by atoms with Gasteiger partial charge in [-0.25, -0.2) is 0 Å². The predicted molar refractivity (Wildman–Crippen MR) is 103 cm³/mol. The average Bonchev–Trinajstić information content (AvgIpc) is 2.93. The van der Waals surface area contributed by atoms with Crippen LogP contribution in [0.15, 0.2) is 35.2 Å². The van der Waals surface area contributed by atoms with Crippen LogP contribution in [0.5, 0.6) is 0 Å². The molecule has 0 fully saturated rings. The van der Waals surface area contributed by atoms with Gasteiger partial charge < -0.3 is 9.30 Å². The molecule has 0 aliphatic heterocycles. The maximum atomic E-state index is 12.4. The number of ketones is 1. The molecule has 0 saturated carbocycles. The van der Waals surface area contributed by atoms with Crippen molar-refractivity contribution in [3.8, 4) is 0 Å². The van der Waals surface area contributed by atoms with Gasteiger partial charge in [0, 0.05) is 40.5 Å². The number of non-ortho nitro benzene ring substituents is 1. The third-order valence-corrected chi connectivity index (χ3v) is 5.08. The highest BCUT2D eigenvalue weighted by atomic mass is 32.2. The third kappa shape index (κ3) is 5.43. The number of aromatic nitrogens is 1. The first-order chi connectivity index (χ1) is 12.8. The predicted octanol–water partition coefficient (Wildman–Crippen LogP) is 3.94. The van der Waals surface area contributed by atoms with Gasteiger partial charge in [-0.15, -0.1) is 11.8 Å². The molecule has 2 rings (SSSR count). The maximum absolute atomic E-state index is 12.4. The molecule has 0 spiro atoms. The summed E-state index contributed by atoms with van der Waals surface area (Å²) in [7, 11) is 0. The zero-order valence-corrected chi connectivity index (χ0v) is 16.4. The molecule has 8 heteroatoms. The van der Waals surface area contributed by atoms with E-state index in [-0.39, 0.29) is 23.8 Å². The highest BCUT2D eigenvalue weighted by molar-refractivity contribution is 8.00. The lowest BCUT2D eigenvalue weighted by Crippen LogP contribution is -2.16. The Balaban J connectivity index is 1.85. The number of hydrogen-bond acceptors (Lipinski definition) is 6. The van der Waals surface area contributed by atoms with Gasteiger partial charge in [-0.05, 0) is 38.5 Å². The van der Waals surface area contributed by atoms with Crippen LogP contribution >= 0.6 is 11.8 Å². The number of benzene rings is 1. The number of aryl methyl sites for hydroxylation is 1. The second-order valence-corrected chi connectivity index (χ2v) is 7.11. The molecule has 2 aromatic rings. The van der Waals surface area contributed by atoms with E-state index in [1.807, 2.05) is 19.9 Å². The summed E-state index contributed by atoms with van der Waals surface area (Å²) in [5.41, 5.74) is 2.47. The lowest BCUT2D eigenvalue weighted by atomic mass is 10.1. The standard InChI is InChI=1S/C19H22N2O5S/c1-4-9-20-13(2)10-17(14(20)3)18(22)11-26-19(23)12-27-16-7-5-15(6-8-16)21(24)25/h5-8,10H,4,9,11-12H2,1-3H3. The highest BCUT2D eigenvalue weighted by Crippen LogP contribution is 2.21. The monoisotopic (exact) mass is 390 g/mol. The highest BCUT2D eigenvalue weighted by Gasteiger charge is 2.17. The van der Waals surface area contributed by atoms with Crippen molar-refractivity contribution in [2.75, 3.05) is 12.4 Å². The van der Waals surface area contributed by atoms with Crippen LogP contribution < -0.4 is 0 Å². The summed E-state index contributed by atoms with van der Waals surface area (Å²) < 4.78 is 7.16. The van der Waals surface area contributed by atoms with Gasteiger partial charge in [0.05, 0.1) is 10.7 Å². The minimum atomic E-state index is -0.505. The molecule has 0 radical (unpaired) electrons. The number of nitro groups is 1. The summed E-state index contributed by atoms with van der Waals surface area (Å²) in [4.78, 5) is 35.1. The molecule has 0 bridgehead atoms. The fourth-order valence-electron chi connectivity index (χ4n) is 2.72. The molecule has 0 amide bonds. The number of esters is 1. The average molecular weight is 390 g/mol. The van der Waals surface area contributed by atoms with Crippen molar-refractivity contribution in [1.82, 2.24) is 4.57 Å². The molecule has 0 unspecified atom stereocenters. The summed E-state index contributed by atoms with van der Waals surface area (Å²) in [6.07, 6.45) is 0.971. The molecule has 0 N–H and O–H groups in total. The summed E-state index contributed by atoms with van der Waals surface area (Å²) in [6.45, 7) is 6.46. The molecule has 0 aliphatic carbocycles. The summed E-state index contributed by atoms with van der Waals surface area (Å²) in [5.74, 6) is -0.701. The van der Waals surface area contributed by atoms with Crippen molar-refractivity contribution in [1.29, 1.82) is 0 Å². The molecule has 144 valence electrons. The number of Topliss-reactive ketones (excluding diaryl/α,β-unsaturated/α-hetero) is 1. The van der Waals surface area contributed by atoms with E-state index in [2.05, 4.69) is 11.5 Å². The van der Waals surface area contributed by atoms with Gasteiger partial charge in [-0.3, -0.25) is 19.7 Å². The number of thioether (sulfide) groups is 1. The molecule has 1 aromatic heterocycles. The minimum absolute atomic E-state index is 0.00630. The van der Waals surface area contributed by atoms with Gasteiger partial charge in [0.2, 0.25) is 5.78 Å². The first kappa shape index (κ1) is 20.7. The minimum Gasteiger partial charge on any atom is -0.457 e. The fourth-order valence-corrected chi connectivity index (χ4v) is 3.42. The number of nitrogens with zero attached hydrogens (tertiary/aromatic N) is 2. The van der Waals surface area contributed by atoms with E-state index in [1.54, 1.807) is 12.1 Å². The summed E-state index contributed by atoms with van der Waals surface area (Å²) in [6, 6.07) is 7.73. The zero-order valence-electron chi connectivity index (χ0n) is 15.6. The van der Waals surface area contributed by atoms with Crippen molar-refractivity contribution in [3.63, 3.8) is 0 Å². The number of carbonyl (C=O) groups excluding carboxylic acids is 2. The van der Waals surface area contributed by atoms with Gasteiger partial charge in [-0.1, -0.05) is 6.92 Å². The molecule has 0 atom stereocenters. The Morgan fingerprint density at radius 1 is 1.22 bits per heavy atom. The van der Waals surface area contributed by atoms with E-state index in [0.717, 1.165) is 24.4 Å². The van der Waals surface area contributed by atoms with Crippen LogP contribution in [0.3, 0.4) is 0 Å². The van der Waals surface area contributed by atoms with E-state index < -0.39 is 10.9 Å². The van der Waals surface area contributed by atoms with Crippen LogP contribution in [0.4, 0.5) is 5.69 Å². The summed E-state index contributed by atoms with van der Waals surface area (Å²) in [5, 5.41) is 10.6. The van der Waals surface area contributed by atoms with Gasteiger partial charge >= 0.3 is 5.97 Å². The quantitative estimate of drug-likeness (QED) is 0.212. The van der Waals surface area contributed by atoms with Gasteiger partial charge in [-0.2, -0.15) is 0 Å². The Hall–Kier alpha value is -2.61. The Bertz CT molecular complexity index is 843. The SMILES string of the molecule is CCCn1c(C)cc(C(=O)COC(=O)CSc2ccc([N+](=O)[O-])cc2)c1C. The Morgan fingerprint density at radius 3 is 2.48 bits per heavy atom. The van der Waals surface area contributed by atoms with E-state index in [1.165, 1.54) is 23.9 Å².